The molecule has 0 unspecified atom stereocenters. The van der Waals surface area contributed by atoms with Crippen molar-refractivity contribution in [2.75, 3.05) is 0 Å². The quantitative estimate of drug-likeness (QED) is 0.422. The number of hydrogen-bond acceptors (Lipinski definition) is 4. The number of alkyl halides is 3. The Labute approximate surface area is 195 Å². The minimum Gasteiger partial charge on any atom is -0.459 e. The summed E-state index contributed by atoms with van der Waals surface area (Å²) >= 11 is 12.2. The molecule has 2 heterocycles. The Bertz CT molecular complexity index is 1220. The molecule has 0 spiro atoms. The molecular formula is C22H15Cl2F3N2O4. The summed E-state index contributed by atoms with van der Waals surface area (Å²) in [4.78, 5) is 25.3. The van der Waals surface area contributed by atoms with Crippen LogP contribution < -0.4 is 10.6 Å². The summed E-state index contributed by atoms with van der Waals surface area (Å²) in [5, 5.41) is 14.7. The van der Waals surface area contributed by atoms with Crippen molar-refractivity contribution in [1.29, 1.82) is 0 Å². The van der Waals surface area contributed by atoms with Gasteiger partial charge in [-0.3, -0.25) is 4.79 Å². The topological polar surface area (TPSA) is 91.6 Å². The van der Waals surface area contributed by atoms with Gasteiger partial charge in [0.1, 0.15) is 23.5 Å². The Balaban J connectivity index is 1.83. The first-order valence-electron chi connectivity index (χ1n) is 9.54. The van der Waals surface area contributed by atoms with E-state index in [1.165, 1.54) is 41.7 Å². The lowest BCUT2D eigenvalue weighted by Gasteiger charge is -2.44. The number of amides is 2. The minimum atomic E-state index is -5.37. The van der Waals surface area contributed by atoms with E-state index in [0.717, 1.165) is 0 Å². The van der Waals surface area contributed by atoms with Crippen molar-refractivity contribution < 1.29 is 32.3 Å². The van der Waals surface area contributed by atoms with Gasteiger partial charge in [0.15, 0.2) is 5.78 Å². The van der Waals surface area contributed by atoms with Gasteiger partial charge < -0.3 is 20.2 Å². The van der Waals surface area contributed by atoms with Crippen molar-refractivity contribution >= 4 is 35.0 Å². The first-order chi connectivity index (χ1) is 15.5. The summed E-state index contributed by atoms with van der Waals surface area (Å²) in [5.74, 6) is -3.29. The summed E-state index contributed by atoms with van der Waals surface area (Å²) in [6, 6.07) is 11.6. The molecule has 0 saturated carbocycles. The Morgan fingerprint density at radius 3 is 2.39 bits per heavy atom. The molecular weight excluding hydrogens is 484 g/mol. The molecule has 1 saturated heterocycles. The molecule has 0 radical (unpaired) electrons. The van der Waals surface area contributed by atoms with E-state index in [1.54, 1.807) is 24.3 Å². The average molecular weight is 499 g/mol. The predicted molar refractivity (Wildman–Crippen MR) is 114 cm³/mol. The zero-order chi connectivity index (χ0) is 24.0. The molecule has 1 aromatic heterocycles. The van der Waals surface area contributed by atoms with Crippen LogP contribution in [0.4, 0.5) is 18.0 Å². The Morgan fingerprint density at radius 2 is 1.73 bits per heavy atom. The molecule has 4 rings (SSSR count). The van der Waals surface area contributed by atoms with E-state index in [-0.39, 0.29) is 27.1 Å². The fourth-order valence-corrected chi connectivity index (χ4v) is 4.11. The maximum absolute atomic E-state index is 14.0. The maximum Gasteiger partial charge on any atom is 0.437 e. The van der Waals surface area contributed by atoms with E-state index < -0.39 is 35.7 Å². The Morgan fingerprint density at radius 1 is 1.03 bits per heavy atom. The smallest absolute Gasteiger partial charge is 0.437 e. The highest BCUT2D eigenvalue weighted by Gasteiger charge is 2.66. The largest absolute Gasteiger partial charge is 0.459 e. The number of aliphatic hydroxyl groups is 1. The van der Waals surface area contributed by atoms with Gasteiger partial charge in [-0.25, -0.2) is 4.79 Å². The molecule has 0 bridgehead atoms. The molecule has 3 aromatic rings. The number of urea groups is 1. The van der Waals surface area contributed by atoms with Crippen LogP contribution in [0.5, 0.6) is 0 Å². The monoisotopic (exact) mass is 498 g/mol. The lowest BCUT2D eigenvalue weighted by Crippen LogP contribution is -2.72. The number of ketones is 1. The van der Waals surface area contributed by atoms with Crippen molar-refractivity contribution in [3.8, 4) is 11.3 Å². The van der Waals surface area contributed by atoms with Gasteiger partial charge in [-0.1, -0.05) is 59.6 Å². The van der Waals surface area contributed by atoms with Gasteiger partial charge in [0.25, 0.3) is 0 Å². The normalized spacial score (nSPS) is 23.0. The number of halogens is 5. The summed E-state index contributed by atoms with van der Waals surface area (Å²) in [6.07, 6.45) is -5.37. The molecule has 2 amide bonds. The fraction of sp³-hybridized carbons (Fsp3) is 0.182. The summed E-state index contributed by atoms with van der Waals surface area (Å²) in [5.41, 5.74) is -3.58. The second-order valence-corrected chi connectivity index (χ2v) is 8.14. The van der Waals surface area contributed by atoms with Crippen LogP contribution in [0, 0.1) is 5.92 Å². The van der Waals surface area contributed by atoms with Crippen LogP contribution in [-0.2, 0) is 0 Å². The van der Waals surface area contributed by atoms with Crippen LogP contribution in [0.15, 0.2) is 65.1 Å². The van der Waals surface area contributed by atoms with Gasteiger partial charge in [0.05, 0.1) is 10.0 Å². The third-order valence-electron chi connectivity index (χ3n) is 5.30. The third-order valence-corrected chi connectivity index (χ3v) is 6.12. The summed E-state index contributed by atoms with van der Waals surface area (Å²) in [7, 11) is 0. The lowest BCUT2D eigenvalue weighted by molar-refractivity contribution is -0.288. The van der Waals surface area contributed by atoms with Crippen molar-refractivity contribution in [3.05, 3.63) is 82.0 Å². The first-order valence-corrected chi connectivity index (χ1v) is 10.3. The Hall–Kier alpha value is -3.01. The van der Waals surface area contributed by atoms with E-state index >= 15 is 0 Å². The zero-order valence-electron chi connectivity index (χ0n) is 16.5. The van der Waals surface area contributed by atoms with Crippen molar-refractivity contribution in [3.63, 3.8) is 0 Å². The molecule has 6 nitrogen and oxygen atoms in total. The third kappa shape index (κ3) is 4.07. The lowest BCUT2D eigenvalue weighted by atomic mass is 9.79. The minimum absolute atomic E-state index is 0.0854. The first kappa shape index (κ1) is 23.2. The maximum atomic E-state index is 14.0. The molecule has 1 aliphatic rings. The molecule has 33 heavy (non-hydrogen) atoms. The van der Waals surface area contributed by atoms with Crippen LogP contribution in [0.25, 0.3) is 11.3 Å². The molecule has 1 fully saturated rings. The number of nitrogens with one attached hydrogen (secondary N) is 2. The summed E-state index contributed by atoms with van der Waals surface area (Å²) < 4.78 is 47.6. The fourth-order valence-electron chi connectivity index (χ4n) is 3.72. The van der Waals surface area contributed by atoms with Crippen molar-refractivity contribution in [2.45, 2.75) is 17.9 Å². The van der Waals surface area contributed by atoms with Gasteiger partial charge in [0.2, 0.25) is 5.72 Å². The average Bonchev–Trinajstić information content (AvgIpc) is 3.24. The van der Waals surface area contributed by atoms with Gasteiger partial charge in [0, 0.05) is 11.1 Å². The van der Waals surface area contributed by atoms with Gasteiger partial charge >= 0.3 is 12.2 Å². The number of rotatable bonds is 4. The zero-order valence-corrected chi connectivity index (χ0v) is 18.0. The van der Waals surface area contributed by atoms with E-state index in [1.807, 2.05) is 0 Å². The van der Waals surface area contributed by atoms with E-state index in [9.17, 15) is 27.9 Å². The van der Waals surface area contributed by atoms with Crippen LogP contribution in [-0.4, -0.2) is 28.8 Å². The van der Waals surface area contributed by atoms with Gasteiger partial charge in [-0.05, 0) is 24.3 Å². The number of benzene rings is 2. The molecule has 11 heteroatoms. The van der Waals surface area contributed by atoms with E-state index in [4.69, 9.17) is 27.6 Å². The van der Waals surface area contributed by atoms with Gasteiger partial charge in [-0.2, -0.15) is 13.2 Å². The second kappa shape index (κ2) is 8.40. The van der Waals surface area contributed by atoms with Crippen LogP contribution in [0.2, 0.25) is 10.0 Å². The molecule has 1 aliphatic heterocycles. The second-order valence-electron chi connectivity index (χ2n) is 7.35. The number of Topliss-reactive ketones (excluding diaryl/α,β-unsaturated/α-hetero) is 1. The number of hydrogen-bond donors (Lipinski definition) is 3. The van der Waals surface area contributed by atoms with E-state index in [2.05, 4.69) is 5.32 Å². The molecule has 3 atom stereocenters. The highest BCUT2D eigenvalue weighted by molar-refractivity contribution is 6.43. The molecule has 0 aliphatic carbocycles. The van der Waals surface area contributed by atoms with Crippen LogP contribution >= 0.6 is 23.2 Å². The SMILES string of the molecule is O=C1N[C@H](c2ccc(-c3cccc(Cl)c3Cl)o2)[C@H](C(=O)c2ccccc2)[C@@](O)(C(F)(F)F)N1. The summed E-state index contributed by atoms with van der Waals surface area (Å²) in [6.45, 7) is 0. The van der Waals surface area contributed by atoms with Crippen molar-refractivity contribution in [2.24, 2.45) is 5.92 Å². The van der Waals surface area contributed by atoms with Crippen molar-refractivity contribution in [1.82, 2.24) is 10.6 Å². The predicted octanol–water partition coefficient (Wildman–Crippen LogP) is 5.36. The standard InChI is InChI=1S/C22H15Cl2F3N2O4/c23-13-8-4-7-12(17(13)24)14-9-10-15(33-14)18-16(19(30)11-5-2-1-3-6-11)21(32,22(25,26)27)29-20(31)28-18/h1-10,16,18,32H,(H2,28,29,31)/t16-,18-,21-/m1/s1. The van der Waals surface area contributed by atoms with Crippen LogP contribution in [0.1, 0.15) is 22.2 Å². The number of carbonyl (C=O) groups excluding carboxylic acids is 2. The molecule has 3 N–H and O–H groups in total. The number of carbonyl (C=O) groups is 2. The van der Waals surface area contributed by atoms with Gasteiger partial charge in [-0.15, -0.1) is 0 Å². The highest BCUT2D eigenvalue weighted by Crippen LogP contribution is 2.45. The highest BCUT2D eigenvalue weighted by atomic mass is 35.5. The number of furan rings is 1. The van der Waals surface area contributed by atoms with Crippen LogP contribution in [0.3, 0.4) is 0 Å². The Kier molecular flexibility index (Phi) is 5.90. The molecule has 2 aromatic carbocycles. The molecule has 172 valence electrons. The van der Waals surface area contributed by atoms with E-state index in [0.29, 0.717) is 5.56 Å².